The van der Waals surface area contributed by atoms with Crippen LogP contribution in [0, 0.1) is 17.2 Å². The van der Waals surface area contributed by atoms with Crippen LogP contribution in [0.15, 0.2) is 24.3 Å². The average Bonchev–Trinajstić information content (AvgIpc) is 3.43. The summed E-state index contributed by atoms with van der Waals surface area (Å²) < 4.78 is 13.0. The van der Waals surface area contributed by atoms with Crippen molar-refractivity contribution in [1.29, 1.82) is 0 Å². The monoisotopic (exact) mass is 332 g/mol. The van der Waals surface area contributed by atoms with E-state index in [4.69, 9.17) is 0 Å². The zero-order chi connectivity index (χ0) is 16.7. The Morgan fingerprint density at radius 2 is 1.92 bits per heavy atom. The smallest absolute Gasteiger partial charge is 0.317 e. The fourth-order valence-electron chi connectivity index (χ4n) is 3.70. The first-order valence-electron chi connectivity index (χ1n) is 9.05. The van der Waals surface area contributed by atoms with E-state index >= 15 is 0 Å². The van der Waals surface area contributed by atoms with E-state index in [9.17, 15) is 14.3 Å². The third-order valence-corrected chi connectivity index (χ3v) is 5.80. The van der Waals surface area contributed by atoms with Crippen molar-refractivity contribution in [3.05, 3.63) is 35.6 Å². The van der Waals surface area contributed by atoms with Gasteiger partial charge in [-0.25, -0.2) is 9.18 Å². The van der Waals surface area contributed by atoms with E-state index in [-0.39, 0.29) is 24.4 Å². The van der Waals surface area contributed by atoms with Gasteiger partial charge >= 0.3 is 6.03 Å². The number of urea groups is 1. The minimum absolute atomic E-state index is 0.0643. The van der Waals surface area contributed by atoms with Crippen LogP contribution in [0.1, 0.15) is 50.2 Å². The van der Waals surface area contributed by atoms with Crippen molar-refractivity contribution >= 4 is 6.03 Å². The summed E-state index contributed by atoms with van der Waals surface area (Å²) in [5.41, 5.74) is 1.02. The molecule has 1 aromatic carbocycles. The molecule has 1 atom stereocenters. The lowest BCUT2D eigenvalue weighted by Gasteiger charge is -2.27. The van der Waals surface area contributed by atoms with E-state index in [0.29, 0.717) is 11.0 Å². The molecule has 130 valence electrons. The summed E-state index contributed by atoms with van der Waals surface area (Å²) in [5, 5.41) is 13.5. The molecule has 4 nitrogen and oxygen atoms in total. The van der Waals surface area contributed by atoms with Crippen LogP contribution in [-0.4, -0.2) is 35.2 Å². The highest BCUT2D eigenvalue weighted by Crippen LogP contribution is 2.60. The van der Waals surface area contributed by atoms with E-state index in [2.05, 4.69) is 5.32 Å². The number of amides is 2. The Labute approximate surface area is 142 Å². The number of aliphatic hydroxyl groups is 1. The van der Waals surface area contributed by atoms with Crippen LogP contribution < -0.4 is 5.32 Å². The molecule has 0 aliphatic heterocycles. The molecule has 5 heteroatoms. The zero-order valence-corrected chi connectivity index (χ0v) is 13.9. The second-order valence-electron chi connectivity index (χ2n) is 7.75. The molecule has 0 bridgehead atoms. The van der Waals surface area contributed by atoms with Crippen molar-refractivity contribution in [2.75, 3.05) is 13.1 Å². The predicted molar refractivity (Wildman–Crippen MR) is 88.9 cm³/mol. The Morgan fingerprint density at radius 1 is 1.25 bits per heavy atom. The topological polar surface area (TPSA) is 52.6 Å². The Morgan fingerprint density at radius 3 is 2.46 bits per heavy atom. The molecule has 2 N–H and O–H groups in total. The molecular formula is C19H25FN2O2. The summed E-state index contributed by atoms with van der Waals surface area (Å²) >= 11 is 0. The van der Waals surface area contributed by atoms with Crippen LogP contribution in [-0.2, 0) is 0 Å². The second kappa shape index (κ2) is 6.03. The number of nitrogens with one attached hydrogen (secondary N) is 1. The van der Waals surface area contributed by atoms with E-state index in [1.54, 1.807) is 17.0 Å². The fourth-order valence-corrected chi connectivity index (χ4v) is 3.70. The molecule has 0 aromatic heterocycles. The first kappa shape index (κ1) is 15.9. The molecule has 0 saturated heterocycles. The van der Waals surface area contributed by atoms with Gasteiger partial charge in [-0.05, 0) is 67.6 Å². The van der Waals surface area contributed by atoms with Crippen molar-refractivity contribution in [1.82, 2.24) is 10.2 Å². The lowest BCUT2D eigenvalue weighted by atomic mass is 10.0. The van der Waals surface area contributed by atoms with Gasteiger partial charge < -0.3 is 15.3 Å². The van der Waals surface area contributed by atoms with Crippen LogP contribution in [0.25, 0.3) is 0 Å². The molecule has 3 aliphatic rings. The molecule has 0 spiro atoms. The van der Waals surface area contributed by atoms with Gasteiger partial charge in [0.2, 0.25) is 0 Å². The first-order valence-corrected chi connectivity index (χ1v) is 9.05. The molecule has 4 rings (SSSR count). The number of rotatable bonds is 7. The number of hydrogen-bond donors (Lipinski definition) is 2. The van der Waals surface area contributed by atoms with E-state index < -0.39 is 6.10 Å². The van der Waals surface area contributed by atoms with Gasteiger partial charge in [0.05, 0.1) is 12.6 Å². The van der Waals surface area contributed by atoms with Gasteiger partial charge in [0, 0.05) is 12.6 Å². The van der Waals surface area contributed by atoms with Gasteiger partial charge in [-0.2, -0.15) is 0 Å². The Hall–Kier alpha value is -1.62. The van der Waals surface area contributed by atoms with Gasteiger partial charge in [0.25, 0.3) is 0 Å². The summed E-state index contributed by atoms with van der Waals surface area (Å²) in [5.74, 6) is 0.495. The third-order valence-electron chi connectivity index (χ3n) is 5.80. The molecule has 3 aliphatic carbocycles. The van der Waals surface area contributed by atoms with Crippen LogP contribution in [0.3, 0.4) is 0 Å². The molecular weight excluding hydrogens is 307 g/mol. The highest BCUT2D eigenvalue weighted by atomic mass is 19.1. The van der Waals surface area contributed by atoms with Crippen molar-refractivity contribution in [2.45, 2.75) is 50.7 Å². The van der Waals surface area contributed by atoms with E-state index in [1.807, 2.05) is 0 Å². The van der Waals surface area contributed by atoms with Gasteiger partial charge in [0.1, 0.15) is 5.82 Å². The summed E-state index contributed by atoms with van der Waals surface area (Å²) in [7, 11) is 0. The highest BCUT2D eigenvalue weighted by Gasteiger charge is 2.53. The Bertz CT molecular complexity index is 606. The van der Waals surface area contributed by atoms with Crippen molar-refractivity contribution < 1.29 is 14.3 Å². The zero-order valence-electron chi connectivity index (χ0n) is 13.9. The van der Waals surface area contributed by atoms with E-state index in [0.717, 1.165) is 25.3 Å². The third kappa shape index (κ3) is 3.41. The minimum Gasteiger partial charge on any atom is -0.387 e. The Kier molecular flexibility index (Phi) is 3.99. The predicted octanol–water partition coefficient (Wildman–Crippen LogP) is 3.22. The van der Waals surface area contributed by atoms with Gasteiger partial charge in [-0.3, -0.25) is 0 Å². The largest absolute Gasteiger partial charge is 0.387 e. The average molecular weight is 332 g/mol. The van der Waals surface area contributed by atoms with Gasteiger partial charge in [-0.15, -0.1) is 0 Å². The summed E-state index contributed by atoms with van der Waals surface area (Å²) in [6, 6.07) is 6.01. The minimum atomic E-state index is -0.782. The van der Waals surface area contributed by atoms with Crippen LogP contribution in [0.4, 0.5) is 9.18 Å². The molecule has 1 unspecified atom stereocenters. The quantitative estimate of drug-likeness (QED) is 0.805. The van der Waals surface area contributed by atoms with Crippen LogP contribution in [0.5, 0.6) is 0 Å². The van der Waals surface area contributed by atoms with Crippen molar-refractivity contribution in [2.24, 2.45) is 11.3 Å². The molecule has 0 radical (unpaired) electrons. The second-order valence-corrected chi connectivity index (χ2v) is 7.75. The fraction of sp³-hybridized carbons (Fsp3) is 0.632. The van der Waals surface area contributed by atoms with Crippen LogP contribution >= 0.6 is 0 Å². The Balaban J connectivity index is 1.35. The number of halogens is 1. The lowest BCUT2D eigenvalue weighted by molar-refractivity contribution is 0.117. The number of carbonyl (C=O) groups is 1. The standard InChI is InChI=1S/C19H25FN2O2/c20-15-5-1-13(2-6-15)17(23)11-22(16-7-8-16)18(24)21-12-19(9-10-19)14-3-4-14/h1-2,5-6,14,16-17,23H,3-4,7-12H2,(H,21,24). The van der Waals surface area contributed by atoms with Crippen molar-refractivity contribution in [3.8, 4) is 0 Å². The molecule has 3 fully saturated rings. The number of hydrogen-bond acceptors (Lipinski definition) is 2. The van der Waals surface area contributed by atoms with Gasteiger partial charge in [-0.1, -0.05) is 12.1 Å². The molecule has 24 heavy (non-hydrogen) atoms. The maximum Gasteiger partial charge on any atom is 0.317 e. The normalized spacial score (nSPS) is 22.8. The number of carbonyl (C=O) groups excluding carboxylic acids is 1. The first-order chi connectivity index (χ1) is 11.6. The summed E-state index contributed by atoms with van der Waals surface area (Å²) in [4.78, 5) is 14.4. The molecule has 2 amide bonds. The number of nitrogens with zero attached hydrogens (tertiary/aromatic N) is 1. The molecule has 1 aromatic rings. The summed E-state index contributed by atoms with van der Waals surface area (Å²) in [6.45, 7) is 1.03. The lowest BCUT2D eigenvalue weighted by Crippen LogP contribution is -2.45. The maximum absolute atomic E-state index is 13.0. The van der Waals surface area contributed by atoms with Crippen molar-refractivity contribution in [3.63, 3.8) is 0 Å². The molecule has 0 heterocycles. The van der Waals surface area contributed by atoms with Gasteiger partial charge in [0.15, 0.2) is 0 Å². The SMILES string of the molecule is O=C(NCC1(C2CC2)CC1)N(CC(O)c1ccc(F)cc1)C1CC1. The van der Waals surface area contributed by atoms with E-state index in [1.165, 1.54) is 37.8 Å². The molecule has 3 saturated carbocycles. The highest BCUT2D eigenvalue weighted by molar-refractivity contribution is 5.75. The maximum atomic E-state index is 13.0. The number of aliphatic hydroxyl groups excluding tert-OH is 1. The van der Waals surface area contributed by atoms with Crippen LogP contribution in [0.2, 0.25) is 0 Å². The summed E-state index contributed by atoms with van der Waals surface area (Å²) in [6.07, 6.45) is 6.31. The number of benzene rings is 1.